The summed E-state index contributed by atoms with van der Waals surface area (Å²) in [4.78, 5) is 5.50. The lowest BCUT2D eigenvalue weighted by atomic mass is 9.60. The monoisotopic (exact) mass is 414 g/mol. The molecule has 0 unspecified atom stereocenters. The molecule has 0 radical (unpaired) electrons. The van der Waals surface area contributed by atoms with E-state index in [1.165, 1.54) is 81.3 Å². The van der Waals surface area contributed by atoms with Crippen molar-refractivity contribution >= 4 is 10.9 Å². The van der Waals surface area contributed by atoms with Crippen molar-refractivity contribution in [1.82, 2.24) is 19.6 Å². The van der Waals surface area contributed by atoms with Crippen molar-refractivity contribution in [2.75, 3.05) is 26.2 Å². The summed E-state index contributed by atoms with van der Waals surface area (Å²) in [5, 5.41) is 6.41. The van der Waals surface area contributed by atoms with Gasteiger partial charge in [-0.15, -0.1) is 0 Å². The zero-order valence-electron chi connectivity index (χ0n) is 18.8. The van der Waals surface area contributed by atoms with E-state index in [0.29, 0.717) is 5.54 Å². The molecular formula is C27H34N4. The van der Waals surface area contributed by atoms with Gasteiger partial charge in [-0.1, -0.05) is 48.5 Å². The maximum absolute atomic E-state index is 5.09. The molecule has 3 aliphatic carbocycles. The summed E-state index contributed by atoms with van der Waals surface area (Å²) in [6.07, 6.45) is 7.86. The zero-order valence-corrected chi connectivity index (χ0v) is 18.8. The van der Waals surface area contributed by atoms with Gasteiger partial charge >= 0.3 is 0 Å². The molecule has 0 spiro atoms. The minimum atomic E-state index is 0.250. The highest BCUT2D eigenvalue weighted by Gasteiger charge is 2.53. The maximum atomic E-state index is 5.09. The largest absolute Gasteiger partial charge is 0.297 e. The fourth-order valence-corrected chi connectivity index (χ4v) is 6.79. The molecule has 31 heavy (non-hydrogen) atoms. The normalized spacial score (nSPS) is 29.6. The van der Waals surface area contributed by atoms with Gasteiger partial charge in [0.15, 0.2) is 0 Å². The Morgan fingerprint density at radius 2 is 1.35 bits per heavy atom. The third kappa shape index (κ3) is 3.23. The Labute approximate surface area is 185 Å². The highest BCUT2D eigenvalue weighted by atomic mass is 15.3. The third-order valence-corrected chi connectivity index (χ3v) is 8.73. The topological polar surface area (TPSA) is 24.3 Å². The molecule has 4 heteroatoms. The Morgan fingerprint density at radius 1 is 0.742 bits per heavy atom. The summed E-state index contributed by atoms with van der Waals surface area (Å²) >= 11 is 0. The molecule has 4 fully saturated rings. The van der Waals surface area contributed by atoms with Crippen molar-refractivity contribution in [2.24, 2.45) is 0 Å². The van der Waals surface area contributed by atoms with Gasteiger partial charge in [-0.25, -0.2) is 0 Å². The predicted octanol–water partition coefficient (Wildman–Crippen LogP) is 4.96. The van der Waals surface area contributed by atoms with Gasteiger partial charge in [-0.2, -0.15) is 5.10 Å². The average Bonchev–Trinajstić information content (AvgIpc) is 3.19. The van der Waals surface area contributed by atoms with E-state index in [4.69, 9.17) is 5.10 Å². The van der Waals surface area contributed by atoms with Crippen molar-refractivity contribution in [3.05, 3.63) is 65.9 Å². The van der Waals surface area contributed by atoms with Crippen molar-refractivity contribution < 1.29 is 0 Å². The van der Waals surface area contributed by atoms with E-state index in [-0.39, 0.29) is 5.54 Å². The molecular weight excluding hydrogens is 380 g/mol. The van der Waals surface area contributed by atoms with E-state index in [2.05, 4.69) is 76.0 Å². The van der Waals surface area contributed by atoms with Gasteiger partial charge < -0.3 is 0 Å². The smallest absolute Gasteiger partial charge is 0.0926 e. The molecule has 4 nitrogen and oxygen atoms in total. The summed E-state index contributed by atoms with van der Waals surface area (Å²) in [5.74, 6) is 0. The van der Waals surface area contributed by atoms with E-state index in [1.807, 2.05) is 0 Å². The van der Waals surface area contributed by atoms with Gasteiger partial charge in [0, 0.05) is 49.3 Å². The number of rotatable bonds is 4. The number of hydrogen-bond acceptors (Lipinski definition) is 3. The molecule has 3 aromatic rings. The zero-order chi connectivity index (χ0) is 20.9. The first kappa shape index (κ1) is 19.5. The predicted molar refractivity (Wildman–Crippen MR) is 126 cm³/mol. The molecule has 1 aliphatic heterocycles. The van der Waals surface area contributed by atoms with E-state index in [1.54, 1.807) is 0 Å². The molecule has 2 heterocycles. The second-order valence-corrected chi connectivity index (χ2v) is 10.2. The van der Waals surface area contributed by atoms with Crippen LogP contribution in [0.1, 0.15) is 49.8 Å². The molecule has 2 aromatic carbocycles. The first-order chi connectivity index (χ1) is 15.2. The number of nitrogens with zero attached hydrogens (tertiary/aromatic N) is 4. The Morgan fingerprint density at radius 3 is 2.03 bits per heavy atom. The molecule has 0 N–H and O–H groups in total. The quantitative estimate of drug-likeness (QED) is 0.603. The molecule has 0 amide bonds. The highest BCUT2D eigenvalue weighted by Crippen LogP contribution is 2.54. The molecule has 1 aromatic heterocycles. The molecule has 4 aliphatic rings. The van der Waals surface area contributed by atoms with Crippen molar-refractivity contribution in [3.8, 4) is 0 Å². The Hall–Kier alpha value is -2.17. The SMILES string of the molecule is Cc1c2ccccc2nn1C12CCC(N3CCN(Cc4ccccc4)CC3)(CC1)CC2. The fourth-order valence-electron chi connectivity index (χ4n) is 6.79. The first-order valence-corrected chi connectivity index (χ1v) is 12.1. The highest BCUT2D eigenvalue weighted by molar-refractivity contribution is 5.81. The van der Waals surface area contributed by atoms with Crippen LogP contribution < -0.4 is 0 Å². The molecule has 2 bridgehead atoms. The minimum absolute atomic E-state index is 0.250. The number of fused-ring (bicyclic) bond motifs is 4. The molecule has 0 atom stereocenters. The van der Waals surface area contributed by atoms with Crippen LogP contribution in [0.3, 0.4) is 0 Å². The maximum Gasteiger partial charge on any atom is 0.0926 e. The fraction of sp³-hybridized carbons (Fsp3) is 0.519. The van der Waals surface area contributed by atoms with Crippen LogP contribution in [0.2, 0.25) is 0 Å². The second kappa shape index (κ2) is 7.46. The van der Waals surface area contributed by atoms with Crippen LogP contribution in [0, 0.1) is 6.92 Å². The number of aromatic nitrogens is 2. The van der Waals surface area contributed by atoms with Crippen molar-refractivity contribution in [3.63, 3.8) is 0 Å². The van der Waals surface area contributed by atoms with Crippen LogP contribution in [0.25, 0.3) is 10.9 Å². The number of benzene rings is 2. The average molecular weight is 415 g/mol. The lowest BCUT2D eigenvalue weighted by molar-refractivity contribution is -0.0700. The summed E-state index contributed by atoms with van der Waals surface area (Å²) in [5.41, 5.74) is 4.66. The Balaban J connectivity index is 1.14. The summed E-state index contributed by atoms with van der Waals surface area (Å²) in [7, 11) is 0. The molecule has 7 rings (SSSR count). The lowest BCUT2D eigenvalue weighted by Crippen LogP contribution is -2.63. The van der Waals surface area contributed by atoms with E-state index in [0.717, 1.165) is 12.1 Å². The van der Waals surface area contributed by atoms with Gasteiger partial charge in [0.2, 0.25) is 0 Å². The van der Waals surface area contributed by atoms with Gasteiger partial charge in [0.1, 0.15) is 0 Å². The number of hydrogen-bond donors (Lipinski definition) is 0. The first-order valence-electron chi connectivity index (χ1n) is 12.1. The van der Waals surface area contributed by atoms with Gasteiger partial charge in [0.05, 0.1) is 11.1 Å². The van der Waals surface area contributed by atoms with E-state index < -0.39 is 0 Å². The lowest BCUT2D eigenvalue weighted by Gasteiger charge is -2.59. The van der Waals surface area contributed by atoms with Gasteiger partial charge in [-0.3, -0.25) is 14.5 Å². The van der Waals surface area contributed by atoms with Crippen LogP contribution in [-0.4, -0.2) is 51.3 Å². The van der Waals surface area contributed by atoms with Crippen LogP contribution >= 0.6 is 0 Å². The Bertz CT molecular complexity index is 1040. The van der Waals surface area contributed by atoms with Crippen LogP contribution in [0.15, 0.2) is 54.6 Å². The van der Waals surface area contributed by atoms with Crippen LogP contribution in [-0.2, 0) is 12.1 Å². The van der Waals surface area contributed by atoms with E-state index >= 15 is 0 Å². The third-order valence-electron chi connectivity index (χ3n) is 8.73. The van der Waals surface area contributed by atoms with E-state index in [9.17, 15) is 0 Å². The van der Waals surface area contributed by atoms with Crippen molar-refractivity contribution in [2.45, 2.75) is 63.1 Å². The van der Waals surface area contributed by atoms with Crippen LogP contribution in [0.4, 0.5) is 0 Å². The molecule has 3 saturated carbocycles. The number of piperazine rings is 1. The summed E-state index contributed by atoms with van der Waals surface area (Å²) in [6, 6.07) is 19.6. The Kier molecular flexibility index (Phi) is 4.69. The molecule has 162 valence electrons. The van der Waals surface area contributed by atoms with Crippen LogP contribution in [0.5, 0.6) is 0 Å². The summed E-state index contributed by atoms with van der Waals surface area (Å²) < 4.78 is 2.43. The standard InChI is InChI=1S/C27H34N4/c1-22-24-9-5-6-10-25(24)28-31(22)27-14-11-26(12-15-27,13-16-27)30-19-17-29(18-20-30)21-23-7-3-2-4-8-23/h2-10H,11-21H2,1H3. The summed E-state index contributed by atoms with van der Waals surface area (Å²) in [6.45, 7) is 8.22. The molecule has 1 saturated heterocycles. The minimum Gasteiger partial charge on any atom is -0.297 e. The second-order valence-electron chi connectivity index (χ2n) is 10.2. The number of aryl methyl sites for hydroxylation is 1. The van der Waals surface area contributed by atoms with Gasteiger partial charge in [0.25, 0.3) is 0 Å². The van der Waals surface area contributed by atoms with Gasteiger partial charge in [-0.05, 0) is 57.1 Å². The van der Waals surface area contributed by atoms with Crippen molar-refractivity contribution in [1.29, 1.82) is 0 Å².